The predicted octanol–water partition coefficient (Wildman–Crippen LogP) is 2.58. The van der Waals surface area contributed by atoms with E-state index in [0.717, 1.165) is 29.4 Å². The number of hydrogen-bond acceptors (Lipinski definition) is 5. The van der Waals surface area contributed by atoms with Crippen LogP contribution in [-0.2, 0) is 0 Å². The Labute approximate surface area is 132 Å². The van der Waals surface area contributed by atoms with Gasteiger partial charge in [0.1, 0.15) is 5.65 Å². The zero-order chi connectivity index (χ0) is 15.9. The second-order valence-corrected chi connectivity index (χ2v) is 5.83. The highest BCUT2D eigenvalue weighted by Gasteiger charge is 2.51. The van der Waals surface area contributed by atoms with Crippen LogP contribution in [0.4, 0.5) is 0 Å². The summed E-state index contributed by atoms with van der Waals surface area (Å²) >= 11 is 0. The molecule has 4 rings (SSSR count). The van der Waals surface area contributed by atoms with Gasteiger partial charge in [-0.25, -0.2) is 9.97 Å². The molecule has 0 radical (unpaired) electrons. The van der Waals surface area contributed by atoms with E-state index in [1.165, 1.54) is 0 Å². The van der Waals surface area contributed by atoms with Gasteiger partial charge in [-0.3, -0.25) is 4.68 Å². The lowest BCUT2D eigenvalue weighted by molar-refractivity contribution is 0.350. The second-order valence-electron chi connectivity index (χ2n) is 5.83. The van der Waals surface area contributed by atoms with Gasteiger partial charge < -0.3 is 4.98 Å². The van der Waals surface area contributed by atoms with Crippen LogP contribution in [0.3, 0.4) is 0 Å². The predicted molar refractivity (Wildman–Crippen MR) is 81.7 cm³/mol. The molecule has 1 fully saturated rings. The maximum absolute atomic E-state index is 9.40. The Bertz CT molecular complexity index is 949. The average molecular weight is 303 g/mol. The molecular weight excluding hydrogens is 290 g/mol. The molecular formula is C16H13N7. The minimum Gasteiger partial charge on any atom is -0.346 e. The lowest BCUT2D eigenvalue weighted by atomic mass is 9.96. The minimum atomic E-state index is -0.455. The van der Waals surface area contributed by atoms with E-state index >= 15 is 0 Å². The smallest absolute Gasteiger partial charge is 0.164 e. The average Bonchev–Trinajstić information content (AvgIpc) is 2.99. The largest absolute Gasteiger partial charge is 0.346 e. The van der Waals surface area contributed by atoms with E-state index < -0.39 is 5.41 Å². The van der Waals surface area contributed by atoms with E-state index in [9.17, 15) is 5.26 Å². The van der Waals surface area contributed by atoms with Crippen molar-refractivity contribution in [3.05, 3.63) is 30.9 Å². The van der Waals surface area contributed by atoms with Crippen molar-refractivity contribution in [1.82, 2.24) is 24.7 Å². The van der Waals surface area contributed by atoms with Crippen molar-refractivity contribution in [3.8, 4) is 23.5 Å². The van der Waals surface area contributed by atoms with Crippen molar-refractivity contribution in [2.24, 2.45) is 5.41 Å². The number of hydrogen-bond donors (Lipinski definition) is 1. The van der Waals surface area contributed by atoms with Crippen molar-refractivity contribution in [2.75, 3.05) is 0 Å². The molecule has 7 nitrogen and oxygen atoms in total. The normalized spacial score (nSPS) is 16.6. The highest BCUT2D eigenvalue weighted by Crippen LogP contribution is 2.54. The molecule has 1 saturated carbocycles. The Morgan fingerprint density at radius 1 is 1.35 bits per heavy atom. The molecule has 23 heavy (non-hydrogen) atoms. The molecule has 1 N–H and O–H groups in total. The first kappa shape index (κ1) is 13.5. The molecule has 1 atom stereocenters. The van der Waals surface area contributed by atoms with Crippen molar-refractivity contribution in [3.63, 3.8) is 0 Å². The van der Waals surface area contributed by atoms with E-state index in [2.05, 4.69) is 32.2 Å². The van der Waals surface area contributed by atoms with E-state index in [-0.39, 0.29) is 12.5 Å². The van der Waals surface area contributed by atoms with Gasteiger partial charge in [-0.1, -0.05) is 0 Å². The number of nitrogens with one attached hydrogen (secondary N) is 1. The first-order valence-corrected chi connectivity index (χ1v) is 7.39. The van der Waals surface area contributed by atoms with Crippen molar-refractivity contribution in [2.45, 2.75) is 25.3 Å². The lowest BCUT2D eigenvalue weighted by Crippen LogP contribution is -2.19. The molecule has 112 valence electrons. The maximum atomic E-state index is 9.40. The van der Waals surface area contributed by atoms with Gasteiger partial charge in [-0.2, -0.15) is 15.6 Å². The first-order chi connectivity index (χ1) is 11.3. The minimum absolute atomic E-state index is 0.222. The maximum Gasteiger partial charge on any atom is 0.164 e. The second kappa shape index (κ2) is 4.92. The molecule has 0 spiro atoms. The summed E-state index contributed by atoms with van der Waals surface area (Å²) in [6.45, 7) is 0. The third-order valence-corrected chi connectivity index (χ3v) is 4.41. The van der Waals surface area contributed by atoms with Gasteiger partial charge in [0, 0.05) is 24.0 Å². The Morgan fingerprint density at radius 3 is 2.96 bits per heavy atom. The third kappa shape index (κ3) is 2.14. The van der Waals surface area contributed by atoms with Crippen molar-refractivity contribution in [1.29, 1.82) is 10.5 Å². The molecule has 3 heterocycles. The van der Waals surface area contributed by atoms with Crippen LogP contribution in [0.2, 0.25) is 0 Å². The van der Waals surface area contributed by atoms with Crippen LogP contribution < -0.4 is 0 Å². The van der Waals surface area contributed by atoms with Gasteiger partial charge in [0.15, 0.2) is 5.82 Å². The summed E-state index contributed by atoms with van der Waals surface area (Å²) in [5.41, 5.74) is 1.09. The summed E-state index contributed by atoms with van der Waals surface area (Å²) in [4.78, 5) is 11.9. The van der Waals surface area contributed by atoms with Crippen LogP contribution in [0.1, 0.15) is 25.3 Å². The van der Waals surface area contributed by atoms with E-state index in [4.69, 9.17) is 5.26 Å². The van der Waals surface area contributed by atoms with E-state index in [1.54, 1.807) is 17.1 Å². The Balaban J connectivity index is 1.70. The molecule has 1 aliphatic carbocycles. The fourth-order valence-corrected chi connectivity index (χ4v) is 2.88. The Morgan fingerprint density at radius 2 is 2.22 bits per heavy atom. The fraction of sp³-hybridized carbons (Fsp3) is 0.312. The lowest BCUT2D eigenvalue weighted by Gasteiger charge is -2.18. The number of rotatable bonds is 4. The van der Waals surface area contributed by atoms with Gasteiger partial charge in [0.05, 0.1) is 41.8 Å². The first-order valence-electron chi connectivity index (χ1n) is 7.39. The zero-order valence-corrected chi connectivity index (χ0v) is 12.3. The fourth-order valence-electron chi connectivity index (χ4n) is 2.88. The molecule has 0 amide bonds. The molecule has 1 unspecified atom stereocenters. The number of nitrogens with zero attached hydrogens (tertiary/aromatic N) is 6. The summed E-state index contributed by atoms with van der Waals surface area (Å²) in [7, 11) is 0. The molecule has 0 aliphatic heterocycles. The number of nitriles is 2. The van der Waals surface area contributed by atoms with Gasteiger partial charge >= 0.3 is 0 Å². The molecule has 7 heteroatoms. The van der Waals surface area contributed by atoms with Crippen LogP contribution in [-0.4, -0.2) is 24.7 Å². The molecule has 0 bridgehead atoms. The number of fused-ring (bicyclic) bond motifs is 1. The van der Waals surface area contributed by atoms with E-state index in [1.807, 2.05) is 18.5 Å². The summed E-state index contributed by atoms with van der Waals surface area (Å²) in [5, 5.41) is 23.8. The van der Waals surface area contributed by atoms with Crippen LogP contribution in [0.15, 0.2) is 30.9 Å². The summed E-state index contributed by atoms with van der Waals surface area (Å²) in [6, 6.07) is 6.22. The molecule has 3 aromatic heterocycles. The monoisotopic (exact) mass is 303 g/mol. The Hall–Kier alpha value is -3.19. The van der Waals surface area contributed by atoms with Crippen molar-refractivity contribution < 1.29 is 0 Å². The van der Waals surface area contributed by atoms with Crippen LogP contribution >= 0.6 is 0 Å². The van der Waals surface area contributed by atoms with E-state index in [0.29, 0.717) is 5.82 Å². The molecule has 0 saturated heterocycles. The third-order valence-electron chi connectivity index (χ3n) is 4.41. The van der Waals surface area contributed by atoms with Crippen LogP contribution in [0.25, 0.3) is 22.4 Å². The van der Waals surface area contributed by atoms with Crippen LogP contribution in [0, 0.1) is 28.1 Å². The molecule has 1 aliphatic rings. The van der Waals surface area contributed by atoms with Crippen molar-refractivity contribution >= 4 is 11.0 Å². The SMILES string of the molecule is N#CCC(n1cc(-c2ncc3cc[nH]c3n2)cn1)C1(C#N)CC1. The topological polar surface area (TPSA) is 107 Å². The van der Waals surface area contributed by atoms with Gasteiger partial charge in [-0.15, -0.1) is 0 Å². The van der Waals surface area contributed by atoms with Gasteiger partial charge in [0.25, 0.3) is 0 Å². The van der Waals surface area contributed by atoms with Gasteiger partial charge in [0.2, 0.25) is 0 Å². The molecule has 3 aromatic rings. The van der Waals surface area contributed by atoms with Gasteiger partial charge in [-0.05, 0) is 18.9 Å². The van der Waals surface area contributed by atoms with Crippen LogP contribution in [0.5, 0.6) is 0 Å². The number of H-pyrrole nitrogens is 1. The standard InChI is InChI=1S/C16H13N7/c17-5-1-13(16(10-18)3-4-16)23-9-12(8-21-23)15-20-7-11-2-6-19-14(11)22-15/h2,6-9,13H,1,3-4H2,(H,19,20,22). The number of aromatic amines is 1. The summed E-state index contributed by atoms with van der Waals surface area (Å²) < 4.78 is 1.72. The summed E-state index contributed by atoms with van der Waals surface area (Å²) in [5.74, 6) is 0.573. The number of aromatic nitrogens is 5. The molecule has 0 aromatic carbocycles. The summed E-state index contributed by atoms with van der Waals surface area (Å²) in [6.07, 6.45) is 8.98. The Kier molecular flexibility index (Phi) is 2.88. The highest BCUT2D eigenvalue weighted by molar-refractivity contribution is 5.76. The highest BCUT2D eigenvalue weighted by atomic mass is 15.3. The zero-order valence-electron chi connectivity index (χ0n) is 12.3. The quantitative estimate of drug-likeness (QED) is 0.797.